The molecule has 37 heavy (non-hydrogen) atoms. The molecule has 1 atom stereocenters. The molecule has 0 saturated carbocycles. The van der Waals surface area contributed by atoms with Crippen LogP contribution in [0, 0.1) is 0 Å². The zero-order chi connectivity index (χ0) is 26.2. The van der Waals surface area contributed by atoms with E-state index in [-0.39, 0.29) is 12.0 Å². The predicted molar refractivity (Wildman–Crippen MR) is 137 cm³/mol. The number of carbonyl (C=O) groups excluding carboxylic acids is 2. The molecule has 0 bridgehead atoms. The van der Waals surface area contributed by atoms with Gasteiger partial charge in [0.15, 0.2) is 0 Å². The second kappa shape index (κ2) is 11.7. The fraction of sp³-hybridized carbons (Fsp3) is 0.0769. The molecule has 10 nitrogen and oxygen atoms in total. The summed E-state index contributed by atoms with van der Waals surface area (Å²) < 4.78 is 1.44. The highest BCUT2D eigenvalue weighted by molar-refractivity contribution is 6.30. The van der Waals surface area contributed by atoms with Gasteiger partial charge in [-0.3, -0.25) is 9.59 Å². The van der Waals surface area contributed by atoms with Crippen molar-refractivity contribution in [3.05, 3.63) is 107 Å². The third kappa shape index (κ3) is 6.86. The summed E-state index contributed by atoms with van der Waals surface area (Å²) in [7, 11) is 0. The maximum atomic E-state index is 13.1. The number of carbonyl (C=O) groups is 3. The lowest BCUT2D eigenvalue weighted by atomic mass is 10.0. The number of benzene rings is 3. The lowest BCUT2D eigenvalue weighted by Crippen LogP contribution is -2.44. The van der Waals surface area contributed by atoms with E-state index in [9.17, 15) is 14.4 Å². The number of nitrogens with zero attached hydrogens (tertiary/aromatic N) is 4. The van der Waals surface area contributed by atoms with Gasteiger partial charge in [0.05, 0.1) is 11.3 Å². The fourth-order valence-corrected chi connectivity index (χ4v) is 3.69. The van der Waals surface area contributed by atoms with Crippen molar-refractivity contribution in [1.82, 2.24) is 25.5 Å². The predicted octanol–water partition coefficient (Wildman–Crippen LogP) is 3.39. The number of aromatic nitrogens is 4. The van der Waals surface area contributed by atoms with Gasteiger partial charge in [-0.15, -0.1) is 5.10 Å². The Bertz CT molecular complexity index is 1420. The Morgan fingerprint density at radius 2 is 1.78 bits per heavy atom. The zero-order valence-electron chi connectivity index (χ0n) is 19.3. The van der Waals surface area contributed by atoms with Crippen molar-refractivity contribution in [2.24, 2.45) is 0 Å². The number of carboxylic acids is 1. The second-order valence-corrected chi connectivity index (χ2v) is 8.35. The molecule has 3 aromatic carbocycles. The van der Waals surface area contributed by atoms with E-state index in [4.69, 9.17) is 16.7 Å². The summed E-state index contributed by atoms with van der Waals surface area (Å²) in [4.78, 5) is 37.0. The van der Waals surface area contributed by atoms with Crippen LogP contribution in [0.1, 0.15) is 21.5 Å². The van der Waals surface area contributed by atoms with Crippen LogP contribution in [0.25, 0.3) is 11.8 Å². The van der Waals surface area contributed by atoms with E-state index < -0.39 is 23.8 Å². The number of hydrogen-bond acceptors (Lipinski definition) is 6. The summed E-state index contributed by atoms with van der Waals surface area (Å²) in [5.41, 5.74) is 2.56. The molecule has 0 spiro atoms. The number of carboxylic acid groups (broad SMARTS) is 1. The number of amides is 2. The van der Waals surface area contributed by atoms with Crippen LogP contribution in [-0.2, 0) is 16.0 Å². The smallest absolute Gasteiger partial charge is 0.335 e. The number of nitrogens with one attached hydrogen (secondary N) is 2. The molecule has 0 aliphatic rings. The van der Waals surface area contributed by atoms with E-state index in [2.05, 4.69) is 26.2 Å². The molecule has 0 radical (unpaired) electrons. The summed E-state index contributed by atoms with van der Waals surface area (Å²) in [6.07, 6.45) is 4.52. The highest BCUT2D eigenvalue weighted by Gasteiger charge is 2.21. The van der Waals surface area contributed by atoms with E-state index in [1.807, 2.05) is 30.3 Å². The molecule has 11 heteroatoms. The van der Waals surface area contributed by atoms with Crippen molar-refractivity contribution >= 4 is 41.1 Å². The molecule has 1 heterocycles. The van der Waals surface area contributed by atoms with Crippen molar-refractivity contribution in [1.29, 1.82) is 0 Å². The molecule has 1 unspecified atom stereocenters. The van der Waals surface area contributed by atoms with Crippen LogP contribution in [0.2, 0.25) is 5.02 Å². The van der Waals surface area contributed by atoms with E-state index in [0.717, 1.165) is 5.56 Å². The quantitative estimate of drug-likeness (QED) is 0.290. The Morgan fingerprint density at radius 1 is 1.03 bits per heavy atom. The summed E-state index contributed by atoms with van der Waals surface area (Å²) in [6.45, 7) is 0. The number of tetrazole rings is 1. The average Bonchev–Trinajstić information content (AvgIpc) is 3.43. The first kappa shape index (κ1) is 25.3. The van der Waals surface area contributed by atoms with Crippen molar-refractivity contribution in [3.8, 4) is 5.69 Å². The Labute approximate surface area is 216 Å². The Kier molecular flexibility index (Phi) is 8.01. The second-order valence-electron chi connectivity index (χ2n) is 7.91. The fourth-order valence-electron chi connectivity index (χ4n) is 3.51. The number of halogens is 1. The van der Waals surface area contributed by atoms with Crippen LogP contribution in [-0.4, -0.2) is 49.1 Å². The number of rotatable bonds is 9. The van der Waals surface area contributed by atoms with Gasteiger partial charge in [0.1, 0.15) is 12.4 Å². The third-order valence-electron chi connectivity index (χ3n) is 5.31. The lowest BCUT2D eigenvalue weighted by molar-refractivity contribution is -0.123. The third-order valence-corrected chi connectivity index (χ3v) is 5.55. The molecule has 2 amide bonds. The van der Waals surface area contributed by atoms with Crippen molar-refractivity contribution in [2.75, 3.05) is 5.32 Å². The van der Waals surface area contributed by atoms with Crippen molar-refractivity contribution < 1.29 is 19.5 Å². The van der Waals surface area contributed by atoms with Crippen LogP contribution >= 0.6 is 11.6 Å². The van der Waals surface area contributed by atoms with Crippen LogP contribution in [0.3, 0.4) is 0 Å². The monoisotopic (exact) mass is 516 g/mol. The average molecular weight is 517 g/mol. The minimum absolute atomic E-state index is 0.0966. The van der Waals surface area contributed by atoms with Gasteiger partial charge in [-0.2, -0.15) is 4.68 Å². The number of anilines is 1. The summed E-state index contributed by atoms with van der Waals surface area (Å²) in [6, 6.07) is 19.2. The van der Waals surface area contributed by atoms with Crippen LogP contribution in [0.15, 0.2) is 85.2 Å². The summed E-state index contributed by atoms with van der Waals surface area (Å²) >= 11 is 6.13. The molecule has 4 aromatic rings. The minimum Gasteiger partial charge on any atom is -0.478 e. The van der Waals surface area contributed by atoms with Gasteiger partial charge < -0.3 is 15.7 Å². The zero-order valence-corrected chi connectivity index (χ0v) is 20.0. The van der Waals surface area contributed by atoms with Gasteiger partial charge >= 0.3 is 5.97 Å². The lowest BCUT2D eigenvalue weighted by Gasteiger charge is -2.18. The maximum Gasteiger partial charge on any atom is 0.335 e. The van der Waals surface area contributed by atoms with E-state index in [0.29, 0.717) is 22.0 Å². The SMILES string of the molecule is O=C(/C=C/c1cc(Cl)ccc1-n1cnnn1)NC(Cc1ccccc1)C(=O)Nc1ccc(C(=O)O)cc1. The summed E-state index contributed by atoms with van der Waals surface area (Å²) in [5.74, 6) is -2.02. The van der Waals surface area contributed by atoms with Gasteiger partial charge in [0.2, 0.25) is 11.8 Å². The molecule has 4 rings (SSSR count). The molecule has 0 aliphatic carbocycles. The molecule has 3 N–H and O–H groups in total. The van der Waals surface area contributed by atoms with Crippen LogP contribution < -0.4 is 10.6 Å². The highest BCUT2D eigenvalue weighted by atomic mass is 35.5. The van der Waals surface area contributed by atoms with Gasteiger partial charge in [-0.1, -0.05) is 41.9 Å². The highest BCUT2D eigenvalue weighted by Crippen LogP contribution is 2.20. The van der Waals surface area contributed by atoms with Crippen molar-refractivity contribution in [3.63, 3.8) is 0 Å². The Hall–Kier alpha value is -4.83. The molecule has 1 aromatic heterocycles. The summed E-state index contributed by atoms with van der Waals surface area (Å²) in [5, 5.41) is 26.1. The van der Waals surface area contributed by atoms with Gasteiger partial charge in [0.25, 0.3) is 0 Å². The van der Waals surface area contributed by atoms with Crippen LogP contribution in [0.4, 0.5) is 5.69 Å². The first-order valence-electron chi connectivity index (χ1n) is 11.1. The van der Waals surface area contributed by atoms with Gasteiger partial charge in [-0.25, -0.2) is 4.79 Å². The molecule has 0 saturated heterocycles. The maximum absolute atomic E-state index is 13.1. The molecular formula is C26H21ClN6O4. The van der Waals surface area contributed by atoms with Crippen molar-refractivity contribution in [2.45, 2.75) is 12.5 Å². The number of hydrogen-bond donors (Lipinski definition) is 3. The molecule has 0 fully saturated rings. The molecular weight excluding hydrogens is 496 g/mol. The topological polar surface area (TPSA) is 139 Å². The van der Waals surface area contributed by atoms with E-state index in [1.165, 1.54) is 41.4 Å². The van der Waals surface area contributed by atoms with Crippen LogP contribution in [0.5, 0.6) is 0 Å². The van der Waals surface area contributed by atoms with Gasteiger partial charge in [-0.05, 0) is 64.5 Å². The Morgan fingerprint density at radius 3 is 2.46 bits per heavy atom. The largest absolute Gasteiger partial charge is 0.478 e. The molecule has 186 valence electrons. The normalized spacial score (nSPS) is 11.7. The first-order chi connectivity index (χ1) is 17.9. The standard InChI is InChI=1S/C26H21ClN6O4/c27-20-9-12-23(33-16-28-31-32-33)19(15-20)8-13-24(34)30-22(14-17-4-2-1-3-5-17)25(35)29-21-10-6-18(7-11-21)26(36)37/h1-13,15-16,22H,14H2,(H,29,35)(H,30,34)(H,36,37)/b13-8+. The van der Waals surface area contributed by atoms with E-state index >= 15 is 0 Å². The first-order valence-corrected chi connectivity index (χ1v) is 11.5. The molecule has 0 aliphatic heterocycles. The van der Waals surface area contributed by atoms with E-state index in [1.54, 1.807) is 24.3 Å². The Balaban J connectivity index is 1.51. The number of aromatic carboxylic acids is 1. The minimum atomic E-state index is -1.07. The van der Waals surface area contributed by atoms with Gasteiger partial charge in [0, 0.05) is 28.8 Å².